The van der Waals surface area contributed by atoms with Crippen molar-refractivity contribution in [2.45, 2.75) is 45.2 Å². The van der Waals surface area contributed by atoms with E-state index in [9.17, 15) is 4.79 Å². The highest BCUT2D eigenvalue weighted by molar-refractivity contribution is 6.30. The summed E-state index contributed by atoms with van der Waals surface area (Å²) in [6.45, 7) is 4.23. The van der Waals surface area contributed by atoms with Gasteiger partial charge in [0.25, 0.3) is 0 Å². The Morgan fingerprint density at radius 1 is 1.37 bits per heavy atom. The number of nitrogens with zero attached hydrogens (tertiary/aromatic N) is 4. The Morgan fingerprint density at radius 2 is 2.26 bits per heavy atom. The first kappa shape index (κ1) is 18.0. The van der Waals surface area contributed by atoms with Crippen molar-refractivity contribution in [3.63, 3.8) is 0 Å². The van der Waals surface area contributed by atoms with Gasteiger partial charge in [0.2, 0.25) is 0 Å². The SMILES string of the molecule is CCc1nc2n(n1)CCCC2NC(=O)N1CC=C(c2cccc(Cl)c2)CC1. The molecule has 27 heavy (non-hydrogen) atoms. The average Bonchev–Trinajstić information content (AvgIpc) is 3.12. The maximum absolute atomic E-state index is 12.8. The number of carbonyl (C=O) groups is 1. The quantitative estimate of drug-likeness (QED) is 0.873. The molecule has 2 aromatic rings. The van der Waals surface area contributed by atoms with Gasteiger partial charge < -0.3 is 10.2 Å². The van der Waals surface area contributed by atoms with Gasteiger partial charge in [0, 0.05) is 31.1 Å². The minimum absolute atomic E-state index is 0.0316. The zero-order valence-electron chi connectivity index (χ0n) is 15.5. The van der Waals surface area contributed by atoms with Gasteiger partial charge >= 0.3 is 6.03 Å². The minimum atomic E-state index is -0.0580. The van der Waals surface area contributed by atoms with Gasteiger partial charge in [0.05, 0.1) is 6.04 Å². The van der Waals surface area contributed by atoms with E-state index in [1.807, 2.05) is 34.7 Å². The van der Waals surface area contributed by atoms with Gasteiger partial charge in [-0.3, -0.25) is 0 Å². The second-order valence-electron chi connectivity index (χ2n) is 7.04. The van der Waals surface area contributed by atoms with E-state index in [1.165, 1.54) is 5.57 Å². The normalized spacial score (nSPS) is 19.4. The summed E-state index contributed by atoms with van der Waals surface area (Å²) in [6.07, 6.45) is 5.67. The van der Waals surface area contributed by atoms with Crippen molar-refractivity contribution >= 4 is 23.2 Å². The van der Waals surface area contributed by atoms with Gasteiger partial charge in [-0.05, 0) is 42.5 Å². The number of carbonyl (C=O) groups excluding carboxylic acids is 1. The molecule has 1 N–H and O–H groups in total. The average molecular weight is 386 g/mol. The fourth-order valence-corrected chi connectivity index (χ4v) is 3.92. The van der Waals surface area contributed by atoms with Crippen molar-refractivity contribution in [1.82, 2.24) is 25.0 Å². The summed E-state index contributed by atoms with van der Waals surface area (Å²) in [5.74, 6) is 1.73. The number of benzene rings is 1. The molecule has 7 heteroatoms. The van der Waals surface area contributed by atoms with Crippen LogP contribution in [0, 0.1) is 0 Å². The standard InChI is InChI=1S/C20H24ClN5O/c1-2-18-23-19-17(7-4-10-26(19)24-18)22-20(27)25-11-8-14(9-12-25)15-5-3-6-16(21)13-15/h3,5-6,8,13,17H,2,4,7,9-12H2,1H3,(H,22,27). The van der Waals surface area contributed by atoms with Crippen LogP contribution in [0.2, 0.25) is 5.02 Å². The smallest absolute Gasteiger partial charge is 0.318 e. The van der Waals surface area contributed by atoms with Crippen LogP contribution in [-0.4, -0.2) is 38.8 Å². The molecule has 1 aromatic heterocycles. The molecule has 2 amide bonds. The van der Waals surface area contributed by atoms with Gasteiger partial charge in [0.15, 0.2) is 5.82 Å². The highest BCUT2D eigenvalue weighted by Crippen LogP contribution is 2.26. The van der Waals surface area contributed by atoms with E-state index in [2.05, 4.69) is 27.5 Å². The second kappa shape index (κ2) is 7.72. The molecule has 2 aliphatic heterocycles. The zero-order valence-corrected chi connectivity index (χ0v) is 16.2. The lowest BCUT2D eigenvalue weighted by atomic mass is 10.00. The summed E-state index contributed by atoms with van der Waals surface area (Å²) in [4.78, 5) is 19.2. The highest BCUT2D eigenvalue weighted by Gasteiger charge is 2.27. The Balaban J connectivity index is 1.41. The Bertz CT molecular complexity index is 875. The van der Waals surface area contributed by atoms with Crippen LogP contribution in [0.15, 0.2) is 30.3 Å². The van der Waals surface area contributed by atoms with Crippen LogP contribution in [0.25, 0.3) is 5.57 Å². The van der Waals surface area contributed by atoms with Crippen LogP contribution in [0.5, 0.6) is 0 Å². The van der Waals surface area contributed by atoms with Gasteiger partial charge in [-0.25, -0.2) is 14.5 Å². The Kier molecular flexibility index (Phi) is 5.16. The summed E-state index contributed by atoms with van der Waals surface area (Å²) in [7, 11) is 0. The maximum atomic E-state index is 12.8. The number of hydrogen-bond donors (Lipinski definition) is 1. The van der Waals surface area contributed by atoms with Crippen molar-refractivity contribution in [2.75, 3.05) is 13.1 Å². The zero-order chi connectivity index (χ0) is 18.8. The van der Waals surface area contributed by atoms with E-state index in [0.29, 0.717) is 13.1 Å². The summed E-state index contributed by atoms with van der Waals surface area (Å²) in [5.41, 5.74) is 2.38. The number of halogens is 1. The maximum Gasteiger partial charge on any atom is 0.318 e. The van der Waals surface area contributed by atoms with Gasteiger partial charge in [-0.2, -0.15) is 5.10 Å². The Morgan fingerprint density at radius 3 is 3.00 bits per heavy atom. The van der Waals surface area contributed by atoms with E-state index in [-0.39, 0.29) is 12.1 Å². The summed E-state index contributed by atoms with van der Waals surface area (Å²) >= 11 is 6.09. The van der Waals surface area contributed by atoms with Crippen molar-refractivity contribution in [2.24, 2.45) is 0 Å². The molecule has 0 saturated carbocycles. The first-order valence-corrected chi connectivity index (χ1v) is 9.96. The Labute approximate surface area is 164 Å². The number of amides is 2. The molecule has 3 heterocycles. The third-order valence-electron chi connectivity index (χ3n) is 5.22. The lowest BCUT2D eigenvalue weighted by Gasteiger charge is -2.30. The predicted octanol–water partition coefficient (Wildman–Crippen LogP) is 3.83. The minimum Gasteiger partial charge on any atom is -0.328 e. The molecule has 1 unspecified atom stereocenters. The molecule has 0 bridgehead atoms. The van der Waals surface area contributed by atoms with Gasteiger partial charge in [-0.1, -0.05) is 36.7 Å². The van der Waals surface area contributed by atoms with E-state index in [1.54, 1.807) is 0 Å². The highest BCUT2D eigenvalue weighted by atomic mass is 35.5. The predicted molar refractivity (Wildman–Crippen MR) is 106 cm³/mol. The molecule has 2 aliphatic rings. The van der Waals surface area contributed by atoms with Crippen LogP contribution in [-0.2, 0) is 13.0 Å². The van der Waals surface area contributed by atoms with Crippen LogP contribution in [0.1, 0.15) is 49.4 Å². The monoisotopic (exact) mass is 385 g/mol. The van der Waals surface area contributed by atoms with Crippen molar-refractivity contribution in [3.8, 4) is 0 Å². The lowest BCUT2D eigenvalue weighted by molar-refractivity contribution is 0.195. The molecule has 0 saturated heterocycles. The lowest BCUT2D eigenvalue weighted by Crippen LogP contribution is -2.44. The molecule has 0 radical (unpaired) electrons. The van der Waals surface area contributed by atoms with E-state index < -0.39 is 0 Å². The summed E-state index contributed by atoms with van der Waals surface area (Å²) in [5, 5.41) is 8.41. The molecular weight excluding hydrogens is 362 g/mol. The van der Waals surface area contributed by atoms with Crippen LogP contribution < -0.4 is 5.32 Å². The molecule has 0 aliphatic carbocycles. The molecule has 142 valence electrons. The molecule has 1 aromatic carbocycles. The van der Waals surface area contributed by atoms with Crippen molar-refractivity contribution in [1.29, 1.82) is 0 Å². The molecule has 0 fully saturated rings. The molecule has 0 spiro atoms. The molecule has 4 rings (SSSR count). The summed E-state index contributed by atoms with van der Waals surface area (Å²) < 4.78 is 1.95. The Hall–Kier alpha value is -2.34. The van der Waals surface area contributed by atoms with E-state index in [4.69, 9.17) is 11.6 Å². The topological polar surface area (TPSA) is 63.1 Å². The van der Waals surface area contributed by atoms with E-state index in [0.717, 1.165) is 54.5 Å². The molecule has 1 atom stereocenters. The third-order valence-corrected chi connectivity index (χ3v) is 5.46. The number of hydrogen-bond acceptors (Lipinski definition) is 3. The largest absolute Gasteiger partial charge is 0.328 e. The number of nitrogens with one attached hydrogen (secondary N) is 1. The van der Waals surface area contributed by atoms with E-state index >= 15 is 0 Å². The number of rotatable bonds is 3. The number of aryl methyl sites for hydroxylation is 2. The fourth-order valence-electron chi connectivity index (χ4n) is 3.73. The second-order valence-corrected chi connectivity index (χ2v) is 7.48. The number of aromatic nitrogens is 3. The first-order chi connectivity index (χ1) is 13.1. The van der Waals surface area contributed by atoms with Crippen LogP contribution in [0.3, 0.4) is 0 Å². The van der Waals surface area contributed by atoms with Gasteiger partial charge in [0.1, 0.15) is 5.82 Å². The number of fused-ring (bicyclic) bond motifs is 1. The summed E-state index contributed by atoms with van der Waals surface area (Å²) in [6, 6.07) is 7.78. The third kappa shape index (κ3) is 3.86. The van der Waals surface area contributed by atoms with Crippen molar-refractivity contribution in [3.05, 3.63) is 52.6 Å². The van der Waals surface area contributed by atoms with Crippen molar-refractivity contribution < 1.29 is 4.79 Å². The number of urea groups is 1. The first-order valence-electron chi connectivity index (χ1n) is 9.58. The van der Waals surface area contributed by atoms with Crippen LogP contribution >= 0.6 is 11.6 Å². The molecular formula is C20H24ClN5O. The van der Waals surface area contributed by atoms with Gasteiger partial charge in [-0.15, -0.1) is 0 Å². The van der Waals surface area contributed by atoms with Crippen LogP contribution in [0.4, 0.5) is 4.79 Å². The molecule has 6 nitrogen and oxygen atoms in total. The fraction of sp³-hybridized carbons (Fsp3) is 0.450.